The van der Waals surface area contributed by atoms with Crippen molar-refractivity contribution in [1.29, 1.82) is 0 Å². The van der Waals surface area contributed by atoms with E-state index in [1.807, 2.05) is 5.10 Å². The van der Waals surface area contributed by atoms with Crippen molar-refractivity contribution in [3.05, 3.63) is 28.8 Å². The average Bonchev–Trinajstić information content (AvgIpc) is 3.21. The first-order chi connectivity index (χ1) is 11.4. The number of amides is 1. The molecule has 24 heavy (non-hydrogen) atoms. The Hall–Kier alpha value is -1.91. The number of rotatable bonds is 4. The fourth-order valence-corrected chi connectivity index (χ4v) is 3.02. The molecule has 0 radical (unpaired) electrons. The number of halogens is 3. The highest BCUT2D eigenvalue weighted by molar-refractivity contribution is 7.17. The SMILES string of the molecule is O=C(NOC1CCCCO1)c1ccc(-c2cc(C(F)(F)F)[nH]n2)s1. The molecule has 6 nitrogen and oxygen atoms in total. The predicted octanol–water partition coefficient (Wildman–Crippen LogP) is 3.35. The van der Waals surface area contributed by atoms with Crippen LogP contribution >= 0.6 is 11.3 Å². The van der Waals surface area contributed by atoms with Crippen LogP contribution in [0.4, 0.5) is 13.2 Å². The molecule has 0 spiro atoms. The predicted molar refractivity (Wildman–Crippen MR) is 79.0 cm³/mol. The van der Waals surface area contributed by atoms with Crippen molar-refractivity contribution in [1.82, 2.24) is 15.7 Å². The Morgan fingerprint density at radius 2 is 2.25 bits per heavy atom. The van der Waals surface area contributed by atoms with Gasteiger partial charge in [0, 0.05) is 13.0 Å². The molecule has 2 aromatic rings. The molecule has 1 amide bonds. The number of H-pyrrole nitrogens is 1. The van der Waals surface area contributed by atoms with Gasteiger partial charge in [-0.2, -0.15) is 18.3 Å². The summed E-state index contributed by atoms with van der Waals surface area (Å²) in [4.78, 5) is 17.9. The Morgan fingerprint density at radius 3 is 2.92 bits per heavy atom. The number of hydroxylamine groups is 1. The average molecular weight is 361 g/mol. The maximum absolute atomic E-state index is 12.6. The number of aromatic nitrogens is 2. The van der Waals surface area contributed by atoms with Crippen molar-refractivity contribution >= 4 is 17.2 Å². The molecule has 1 aliphatic heterocycles. The molecule has 0 bridgehead atoms. The number of aromatic amines is 1. The third kappa shape index (κ3) is 3.94. The van der Waals surface area contributed by atoms with Gasteiger partial charge in [0.1, 0.15) is 11.4 Å². The van der Waals surface area contributed by atoms with Crippen LogP contribution in [0, 0.1) is 0 Å². The molecule has 130 valence electrons. The van der Waals surface area contributed by atoms with Crippen molar-refractivity contribution < 1.29 is 27.5 Å². The number of thiophene rings is 1. The van der Waals surface area contributed by atoms with E-state index >= 15 is 0 Å². The molecule has 2 aromatic heterocycles. The number of carbonyl (C=O) groups excluding carboxylic acids is 1. The molecule has 0 aliphatic carbocycles. The lowest BCUT2D eigenvalue weighted by Gasteiger charge is -2.21. The van der Waals surface area contributed by atoms with Gasteiger partial charge in [0.25, 0.3) is 5.91 Å². The van der Waals surface area contributed by atoms with Gasteiger partial charge in [0.05, 0.1) is 9.75 Å². The van der Waals surface area contributed by atoms with Gasteiger partial charge in [0.2, 0.25) is 0 Å². The van der Waals surface area contributed by atoms with Crippen LogP contribution in [0.3, 0.4) is 0 Å². The first-order valence-corrected chi connectivity index (χ1v) is 8.05. The summed E-state index contributed by atoms with van der Waals surface area (Å²) in [7, 11) is 0. The standard InChI is InChI=1S/C14H14F3N3O3S/c15-14(16,17)11-7-8(18-19-11)9-4-5-10(24-9)13(21)20-23-12-3-1-2-6-22-12/h4-5,7,12H,1-3,6H2,(H,18,19)(H,20,21). The van der Waals surface area contributed by atoms with E-state index in [1.54, 1.807) is 0 Å². The summed E-state index contributed by atoms with van der Waals surface area (Å²) in [5.41, 5.74) is 1.49. The third-order valence-electron chi connectivity index (χ3n) is 3.39. The highest BCUT2D eigenvalue weighted by atomic mass is 32.1. The topological polar surface area (TPSA) is 76.2 Å². The maximum atomic E-state index is 12.6. The van der Waals surface area contributed by atoms with Gasteiger partial charge in [-0.25, -0.2) is 10.3 Å². The van der Waals surface area contributed by atoms with Crippen molar-refractivity contribution in [2.45, 2.75) is 31.7 Å². The van der Waals surface area contributed by atoms with Crippen molar-refractivity contribution in [3.63, 3.8) is 0 Å². The van der Waals surface area contributed by atoms with Crippen LogP contribution in [-0.2, 0) is 15.8 Å². The lowest BCUT2D eigenvalue weighted by molar-refractivity contribution is -0.186. The van der Waals surface area contributed by atoms with Crippen LogP contribution in [-0.4, -0.2) is 29.0 Å². The van der Waals surface area contributed by atoms with Crippen LogP contribution in [0.5, 0.6) is 0 Å². The van der Waals surface area contributed by atoms with Crippen LogP contribution in [0.1, 0.15) is 34.6 Å². The highest BCUT2D eigenvalue weighted by Gasteiger charge is 2.33. The lowest BCUT2D eigenvalue weighted by Crippen LogP contribution is -2.32. The summed E-state index contributed by atoms with van der Waals surface area (Å²) >= 11 is 1.02. The van der Waals surface area contributed by atoms with Gasteiger partial charge in [0.15, 0.2) is 6.29 Å². The molecule has 1 unspecified atom stereocenters. The smallest absolute Gasteiger partial charge is 0.350 e. The Labute approximate surface area is 138 Å². The minimum atomic E-state index is -4.49. The number of nitrogens with one attached hydrogen (secondary N) is 2. The number of nitrogens with zero attached hydrogens (tertiary/aromatic N) is 1. The number of hydrogen-bond donors (Lipinski definition) is 2. The molecule has 1 aliphatic rings. The molecule has 10 heteroatoms. The Morgan fingerprint density at radius 1 is 1.42 bits per heavy atom. The number of carbonyl (C=O) groups is 1. The van der Waals surface area contributed by atoms with E-state index in [4.69, 9.17) is 9.57 Å². The Bertz CT molecular complexity index is 707. The van der Waals surface area contributed by atoms with E-state index < -0.39 is 24.1 Å². The monoisotopic (exact) mass is 361 g/mol. The van der Waals surface area contributed by atoms with E-state index in [0.29, 0.717) is 22.8 Å². The highest BCUT2D eigenvalue weighted by Crippen LogP contribution is 2.32. The van der Waals surface area contributed by atoms with E-state index in [9.17, 15) is 18.0 Å². The zero-order valence-corrected chi connectivity index (χ0v) is 13.2. The molecule has 3 heterocycles. The first-order valence-electron chi connectivity index (χ1n) is 7.24. The molecule has 0 aromatic carbocycles. The zero-order chi connectivity index (χ0) is 17.2. The fraction of sp³-hybridized carbons (Fsp3) is 0.429. The first kappa shape index (κ1) is 16.9. The van der Waals surface area contributed by atoms with Gasteiger partial charge >= 0.3 is 6.18 Å². The summed E-state index contributed by atoms with van der Waals surface area (Å²) in [6, 6.07) is 3.94. The van der Waals surface area contributed by atoms with Crippen LogP contribution < -0.4 is 5.48 Å². The van der Waals surface area contributed by atoms with Crippen LogP contribution in [0.25, 0.3) is 10.6 Å². The second-order valence-electron chi connectivity index (χ2n) is 5.17. The molecule has 0 saturated carbocycles. The van der Waals surface area contributed by atoms with Crippen molar-refractivity contribution in [2.24, 2.45) is 0 Å². The zero-order valence-electron chi connectivity index (χ0n) is 12.4. The van der Waals surface area contributed by atoms with E-state index in [1.165, 1.54) is 12.1 Å². The van der Waals surface area contributed by atoms with Crippen LogP contribution in [0.2, 0.25) is 0 Å². The van der Waals surface area contributed by atoms with E-state index in [0.717, 1.165) is 30.2 Å². The number of ether oxygens (including phenoxy) is 1. The maximum Gasteiger partial charge on any atom is 0.432 e. The van der Waals surface area contributed by atoms with Crippen molar-refractivity contribution in [3.8, 4) is 10.6 Å². The van der Waals surface area contributed by atoms with Gasteiger partial charge in [-0.3, -0.25) is 9.89 Å². The minimum Gasteiger partial charge on any atom is -0.350 e. The Balaban J connectivity index is 1.62. The molecule has 1 saturated heterocycles. The van der Waals surface area contributed by atoms with Crippen LogP contribution in [0.15, 0.2) is 18.2 Å². The normalized spacial score (nSPS) is 18.5. The Kier molecular flexibility index (Phi) is 4.88. The quantitative estimate of drug-likeness (QED) is 0.819. The molecule has 1 atom stereocenters. The lowest BCUT2D eigenvalue weighted by atomic mass is 10.2. The molecule has 3 rings (SSSR count). The second-order valence-corrected chi connectivity index (χ2v) is 6.26. The summed E-state index contributed by atoms with van der Waals surface area (Å²) in [5.74, 6) is -0.480. The largest absolute Gasteiger partial charge is 0.432 e. The second kappa shape index (κ2) is 6.91. The van der Waals surface area contributed by atoms with Gasteiger partial charge in [-0.05, 0) is 31.0 Å². The summed E-state index contributed by atoms with van der Waals surface area (Å²) in [6.07, 6.45) is -2.33. The fourth-order valence-electron chi connectivity index (χ4n) is 2.16. The summed E-state index contributed by atoms with van der Waals surface area (Å²) in [6.45, 7) is 0.588. The van der Waals surface area contributed by atoms with Gasteiger partial charge in [-0.1, -0.05) is 0 Å². The van der Waals surface area contributed by atoms with Crippen molar-refractivity contribution in [2.75, 3.05) is 6.61 Å². The summed E-state index contributed by atoms with van der Waals surface area (Å²) < 4.78 is 43.0. The number of hydrogen-bond acceptors (Lipinski definition) is 5. The molecular weight excluding hydrogens is 347 g/mol. The number of alkyl halides is 3. The third-order valence-corrected chi connectivity index (χ3v) is 4.49. The molecular formula is C14H14F3N3O3S. The minimum absolute atomic E-state index is 0.128. The molecule has 1 fully saturated rings. The van der Waals surface area contributed by atoms with Gasteiger partial charge in [-0.15, -0.1) is 11.3 Å². The van der Waals surface area contributed by atoms with E-state index in [-0.39, 0.29) is 5.69 Å². The summed E-state index contributed by atoms with van der Waals surface area (Å²) in [5, 5.41) is 5.57. The van der Waals surface area contributed by atoms with Gasteiger partial charge < -0.3 is 4.74 Å². The van der Waals surface area contributed by atoms with E-state index in [2.05, 4.69) is 10.6 Å². The molecule has 2 N–H and O–H groups in total.